The molecule has 1 aromatic heterocycles. The van der Waals surface area contributed by atoms with Gasteiger partial charge in [0, 0.05) is 59.6 Å². The number of hydrogen-bond donors (Lipinski definition) is 2. The number of nitriles is 1. The van der Waals surface area contributed by atoms with Crippen LogP contribution in [0.5, 0.6) is 5.75 Å². The molecule has 0 aliphatic carbocycles. The van der Waals surface area contributed by atoms with Crippen molar-refractivity contribution in [3.63, 3.8) is 0 Å². The van der Waals surface area contributed by atoms with Crippen molar-refractivity contribution in [2.45, 2.75) is 50.7 Å². The average molecular weight is 566 g/mol. The number of hydrogen-bond acceptors (Lipinski definition) is 5. The third-order valence-corrected chi connectivity index (χ3v) is 7.56. The summed E-state index contributed by atoms with van der Waals surface area (Å²) in [5, 5.41) is 13.3. The Morgan fingerprint density at radius 2 is 1.95 bits per heavy atom. The van der Waals surface area contributed by atoms with Gasteiger partial charge < -0.3 is 15.0 Å². The average Bonchev–Trinajstić information content (AvgIpc) is 3.22. The zero-order chi connectivity index (χ0) is 28.6. The lowest BCUT2D eigenvalue weighted by Gasteiger charge is -2.42. The molecule has 2 aromatic carbocycles. The maximum atomic E-state index is 13.8. The fourth-order valence-electron chi connectivity index (χ4n) is 5.82. The van der Waals surface area contributed by atoms with E-state index >= 15 is 0 Å². The summed E-state index contributed by atoms with van der Waals surface area (Å²) >= 11 is 0. The fourth-order valence-corrected chi connectivity index (χ4v) is 5.82. The maximum Gasteiger partial charge on any atom is 0.401 e. The van der Waals surface area contributed by atoms with Crippen molar-refractivity contribution in [3.05, 3.63) is 58.8 Å². The van der Waals surface area contributed by atoms with Crippen LogP contribution in [0.2, 0.25) is 0 Å². The van der Waals surface area contributed by atoms with Gasteiger partial charge in [0.05, 0.1) is 36.9 Å². The van der Waals surface area contributed by atoms with Crippen molar-refractivity contribution in [3.8, 4) is 11.8 Å². The van der Waals surface area contributed by atoms with Crippen molar-refractivity contribution < 1.29 is 31.1 Å². The van der Waals surface area contributed by atoms with Crippen LogP contribution in [0.15, 0.2) is 36.4 Å². The van der Waals surface area contributed by atoms with Gasteiger partial charge in [0.25, 0.3) is 0 Å². The van der Waals surface area contributed by atoms with Crippen molar-refractivity contribution in [2.75, 3.05) is 38.2 Å². The summed E-state index contributed by atoms with van der Waals surface area (Å²) in [5.74, 6) is -0.220. The normalized spacial score (nSPS) is 20.4. The van der Waals surface area contributed by atoms with Crippen LogP contribution in [0.3, 0.4) is 0 Å². The number of rotatable bonds is 9. The number of H-pyrrole nitrogens is 1. The zero-order valence-electron chi connectivity index (χ0n) is 21.7. The molecule has 0 spiro atoms. The van der Waals surface area contributed by atoms with Crippen molar-refractivity contribution in [2.24, 2.45) is 0 Å². The van der Waals surface area contributed by atoms with E-state index in [-0.39, 0.29) is 23.8 Å². The van der Waals surface area contributed by atoms with Crippen molar-refractivity contribution in [1.82, 2.24) is 14.8 Å². The highest BCUT2D eigenvalue weighted by Crippen LogP contribution is 2.45. The summed E-state index contributed by atoms with van der Waals surface area (Å²) < 4.78 is 85.8. The number of likely N-dealkylation sites (tertiary alicyclic amines) is 1. The van der Waals surface area contributed by atoms with Gasteiger partial charge in [-0.2, -0.15) is 27.2 Å². The first-order chi connectivity index (χ1) is 19.1. The van der Waals surface area contributed by atoms with Crippen LogP contribution in [-0.2, 0) is 6.42 Å². The quantitative estimate of drug-likeness (QED) is 0.312. The standard InChI is InChI=1S/C28H29F6N5O/c1-16-9-22-21-10-17(12-35)3-6-23(21)37-25(22)26(39(16)15-28(32,33)34)20-5-4-18(11-24(20)40-27(30)31)36-19-13-38(14-19)8-2-7-29/h3-6,10-11,16,19,26-27,36-37H,2,7-9,13-15H2,1H3/t16-,26-/m1/s1. The zero-order valence-corrected chi connectivity index (χ0v) is 21.7. The molecule has 2 N–H and O–H groups in total. The number of nitrogens with one attached hydrogen (secondary N) is 2. The topological polar surface area (TPSA) is 67.3 Å². The lowest BCUT2D eigenvalue weighted by molar-refractivity contribution is -0.155. The summed E-state index contributed by atoms with van der Waals surface area (Å²) in [4.78, 5) is 6.52. The van der Waals surface area contributed by atoms with Gasteiger partial charge in [-0.25, -0.2) is 0 Å². The minimum Gasteiger partial charge on any atom is -0.434 e. The molecule has 0 unspecified atom stereocenters. The first-order valence-electron chi connectivity index (χ1n) is 13.1. The molecule has 2 aliphatic rings. The van der Waals surface area contributed by atoms with Gasteiger partial charge in [0.2, 0.25) is 0 Å². The fraction of sp³-hybridized carbons (Fsp3) is 0.464. The molecule has 1 saturated heterocycles. The van der Waals surface area contributed by atoms with E-state index in [2.05, 4.69) is 21.3 Å². The minimum atomic E-state index is -4.53. The third kappa shape index (κ3) is 5.86. The molecule has 40 heavy (non-hydrogen) atoms. The Morgan fingerprint density at radius 3 is 2.62 bits per heavy atom. The second-order valence-electron chi connectivity index (χ2n) is 10.4. The Balaban J connectivity index is 1.55. The monoisotopic (exact) mass is 565 g/mol. The van der Waals surface area contributed by atoms with Gasteiger partial charge >= 0.3 is 12.8 Å². The van der Waals surface area contributed by atoms with Crippen LogP contribution < -0.4 is 10.1 Å². The molecule has 214 valence electrons. The summed E-state index contributed by atoms with van der Waals surface area (Å²) in [6, 6.07) is 10.0. The molecule has 0 amide bonds. The molecule has 2 atom stereocenters. The third-order valence-electron chi connectivity index (χ3n) is 7.56. The first-order valence-corrected chi connectivity index (χ1v) is 13.1. The molecule has 0 radical (unpaired) electrons. The number of nitrogens with zero attached hydrogens (tertiary/aromatic N) is 3. The Hall–Kier alpha value is -3.43. The maximum absolute atomic E-state index is 13.8. The van der Waals surface area contributed by atoms with Crippen LogP contribution in [0.4, 0.5) is 32.0 Å². The molecule has 5 rings (SSSR count). The molecule has 0 saturated carbocycles. The number of alkyl halides is 6. The van der Waals surface area contributed by atoms with Gasteiger partial charge in [-0.1, -0.05) is 6.07 Å². The summed E-state index contributed by atoms with van der Waals surface area (Å²) in [6.45, 7) is -1.21. The van der Waals surface area contributed by atoms with Crippen LogP contribution in [0.1, 0.15) is 41.8 Å². The number of aromatic nitrogens is 1. The van der Waals surface area contributed by atoms with Crippen LogP contribution in [0.25, 0.3) is 10.9 Å². The van der Waals surface area contributed by atoms with Gasteiger partial charge in [0.15, 0.2) is 0 Å². The summed E-state index contributed by atoms with van der Waals surface area (Å²) in [5.41, 5.74) is 2.93. The van der Waals surface area contributed by atoms with E-state index in [4.69, 9.17) is 4.74 Å². The van der Waals surface area contributed by atoms with E-state index in [1.807, 2.05) is 0 Å². The van der Waals surface area contributed by atoms with Crippen LogP contribution >= 0.6 is 0 Å². The number of benzene rings is 2. The summed E-state index contributed by atoms with van der Waals surface area (Å²) in [6.07, 6.45) is -3.81. The number of aromatic amines is 1. The predicted octanol–water partition coefficient (Wildman–Crippen LogP) is 5.99. The highest BCUT2D eigenvalue weighted by atomic mass is 19.4. The van der Waals surface area contributed by atoms with Gasteiger partial charge in [0.1, 0.15) is 5.75 Å². The minimum absolute atomic E-state index is 0.0240. The van der Waals surface area contributed by atoms with Crippen molar-refractivity contribution >= 4 is 16.6 Å². The molecule has 3 aromatic rings. The SMILES string of the molecule is C[C@@H]1Cc2c([nH]c3ccc(C#N)cc23)[C@@H](c2ccc(NC3CN(CCCF)C3)cc2OC(F)F)N1CC(F)(F)F. The molecule has 3 heterocycles. The van der Waals surface area contributed by atoms with Gasteiger partial charge in [-0.15, -0.1) is 0 Å². The second-order valence-corrected chi connectivity index (χ2v) is 10.4. The van der Waals surface area contributed by atoms with E-state index in [0.29, 0.717) is 48.5 Å². The lowest BCUT2D eigenvalue weighted by Crippen LogP contribution is -2.54. The largest absolute Gasteiger partial charge is 0.434 e. The highest BCUT2D eigenvalue weighted by molar-refractivity contribution is 5.87. The number of fused-ring (bicyclic) bond motifs is 3. The van der Waals surface area contributed by atoms with Gasteiger partial charge in [-0.05, 0) is 49.6 Å². The van der Waals surface area contributed by atoms with E-state index in [0.717, 1.165) is 10.9 Å². The molecule has 6 nitrogen and oxygen atoms in total. The van der Waals surface area contributed by atoms with Crippen molar-refractivity contribution in [1.29, 1.82) is 5.26 Å². The summed E-state index contributed by atoms with van der Waals surface area (Å²) in [7, 11) is 0. The molecule has 2 aliphatic heterocycles. The molecule has 1 fully saturated rings. The second kappa shape index (κ2) is 11.2. The van der Waals surface area contributed by atoms with Gasteiger partial charge in [-0.3, -0.25) is 14.2 Å². The highest BCUT2D eigenvalue weighted by Gasteiger charge is 2.43. The van der Waals surface area contributed by atoms with E-state index in [1.54, 1.807) is 31.2 Å². The number of anilines is 1. The van der Waals surface area contributed by atoms with Crippen LogP contribution in [0, 0.1) is 11.3 Å². The van der Waals surface area contributed by atoms with Crippen LogP contribution in [-0.4, -0.2) is 72.5 Å². The first kappa shape index (κ1) is 28.1. The smallest absolute Gasteiger partial charge is 0.401 e. The molecule has 12 heteroatoms. The van der Waals surface area contributed by atoms with E-state index < -0.39 is 38.1 Å². The lowest BCUT2D eigenvalue weighted by atomic mass is 9.88. The Morgan fingerprint density at radius 1 is 1.18 bits per heavy atom. The molecule has 0 bridgehead atoms. The Bertz CT molecular complexity index is 1390. The molecular formula is C28H29F6N5O. The molecular weight excluding hydrogens is 536 g/mol. The van der Waals surface area contributed by atoms with E-state index in [9.17, 15) is 31.6 Å². The van der Waals surface area contributed by atoms with E-state index in [1.165, 1.54) is 17.0 Å². The Labute approximate surface area is 227 Å². The number of halogens is 6. The predicted molar refractivity (Wildman–Crippen MR) is 138 cm³/mol. The number of ether oxygens (including phenoxy) is 1. The Kier molecular flexibility index (Phi) is 7.88.